The van der Waals surface area contributed by atoms with Gasteiger partial charge in [0.15, 0.2) is 6.10 Å². The van der Waals surface area contributed by atoms with E-state index in [2.05, 4.69) is 93.7 Å². The van der Waals surface area contributed by atoms with E-state index in [9.17, 15) is 14.4 Å². The van der Waals surface area contributed by atoms with Gasteiger partial charge in [0.2, 0.25) is 0 Å². The summed E-state index contributed by atoms with van der Waals surface area (Å²) in [6, 6.07) is 0. The second-order valence-corrected chi connectivity index (χ2v) is 21.0. The summed E-state index contributed by atoms with van der Waals surface area (Å²) >= 11 is 0. The van der Waals surface area contributed by atoms with Crippen LogP contribution in [-0.2, 0) is 28.6 Å². The fourth-order valence-electron chi connectivity index (χ4n) is 8.93. The molecule has 0 radical (unpaired) electrons. The Bertz CT molecular complexity index is 1360. The van der Waals surface area contributed by atoms with Crippen LogP contribution in [0.1, 0.15) is 316 Å². The van der Waals surface area contributed by atoms with E-state index >= 15 is 0 Å². The first-order valence-corrected chi connectivity index (χ1v) is 31.4. The molecule has 6 heteroatoms. The first kappa shape index (κ1) is 69.8. The van der Waals surface area contributed by atoms with Gasteiger partial charge in [-0.1, -0.05) is 273 Å². The average Bonchev–Trinajstić information content (AvgIpc) is 3.39. The summed E-state index contributed by atoms with van der Waals surface area (Å²) in [5, 5.41) is 0. The summed E-state index contributed by atoms with van der Waals surface area (Å²) in [7, 11) is 0. The van der Waals surface area contributed by atoms with Gasteiger partial charge < -0.3 is 14.2 Å². The number of allylic oxidation sites excluding steroid dienone is 12. The van der Waals surface area contributed by atoms with Crippen LogP contribution in [0.3, 0.4) is 0 Å². The van der Waals surface area contributed by atoms with Gasteiger partial charge in [-0.05, 0) is 96.3 Å². The number of rotatable bonds is 57. The fourth-order valence-corrected chi connectivity index (χ4v) is 8.93. The van der Waals surface area contributed by atoms with E-state index in [4.69, 9.17) is 14.2 Å². The molecule has 0 fully saturated rings. The van der Waals surface area contributed by atoms with E-state index < -0.39 is 6.10 Å². The van der Waals surface area contributed by atoms with Gasteiger partial charge in [-0.2, -0.15) is 0 Å². The van der Waals surface area contributed by atoms with Crippen LogP contribution in [0.2, 0.25) is 0 Å². The first-order valence-electron chi connectivity index (χ1n) is 31.4. The van der Waals surface area contributed by atoms with Crippen LogP contribution in [0.25, 0.3) is 0 Å². The van der Waals surface area contributed by atoms with E-state index in [0.717, 1.165) is 103 Å². The van der Waals surface area contributed by atoms with Crippen molar-refractivity contribution in [3.05, 3.63) is 72.9 Å². The normalized spacial score (nSPS) is 12.5. The molecule has 6 nitrogen and oxygen atoms in total. The zero-order valence-electron chi connectivity index (χ0n) is 48.4. The molecule has 0 aromatic heterocycles. The summed E-state index contributed by atoms with van der Waals surface area (Å²) in [6.45, 7) is 6.62. The Labute approximate surface area is 453 Å². The van der Waals surface area contributed by atoms with Crippen LogP contribution < -0.4 is 0 Å². The number of carbonyl (C=O) groups is 3. The molecule has 0 rings (SSSR count). The average molecular weight is 1020 g/mol. The summed E-state index contributed by atoms with van der Waals surface area (Å²) in [5.74, 6) is -0.890. The Balaban J connectivity index is 4.33. The van der Waals surface area contributed by atoms with Crippen LogP contribution in [0, 0.1) is 0 Å². The summed E-state index contributed by atoms with van der Waals surface area (Å²) in [6.07, 6.45) is 79.0. The summed E-state index contributed by atoms with van der Waals surface area (Å²) < 4.78 is 16.9. The summed E-state index contributed by atoms with van der Waals surface area (Å²) in [5.41, 5.74) is 0. The quantitative estimate of drug-likeness (QED) is 0.0261. The van der Waals surface area contributed by atoms with Gasteiger partial charge in [-0.3, -0.25) is 14.4 Å². The van der Waals surface area contributed by atoms with Crippen molar-refractivity contribution in [1.29, 1.82) is 0 Å². The lowest BCUT2D eigenvalue weighted by Crippen LogP contribution is -2.30. The molecule has 0 aliphatic heterocycles. The highest BCUT2D eigenvalue weighted by Gasteiger charge is 2.19. The SMILES string of the molecule is CCCCCCC/C=C\C/C=C\C/C=C\CCCCCCCCCCC(=O)OCC(COC(=O)CCCCCCCCCCCCC)OC(=O)CCCCCCCC/C=C\C/C=C\C/C=C\CCCCCCC. The van der Waals surface area contributed by atoms with Gasteiger partial charge in [-0.25, -0.2) is 0 Å². The van der Waals surface area contributed by atoms with E-state index in [0.29, 0.717) is 19.3 Å². The van der Waals surface area contributed by atoms with Crippen LogP contribution in [-0.4, -0.2) is 37.2 Å². The van der Waals surface area contributed by atoms with E-state index in [-0.39, 0.29) is 31.1 Å². The molecule has 0 saturated carbocycles. The lowest BCUT2D eigenvalue weighted by molar-refractivity contribution is -0.167. The van der Waals surface area contributed by atoms with Crippen LogP contribution in [0.15, 0.2) is 72.9 Å². The van der Waals surface area contributed by atoms with E-state index in [1.165, 1.54) is 173 Å². The second kappa shape index (κ2) is 61.4. The van der Waals surface area contributed by atoms with Gasteiger partial charge in [0.1, 0.15) is 13.2 Å². The zero-order chi connectivity index (χ0) is 52.9. The smallest absolute Gasteiger partial charge is 0.306 e. The monoisotopic (exact) mass is 1020 g/mol. The fraction of sp³-hybridized carbons (Fsp3) is 0.776. The molecule has 0 aromatic carbocycles. The third-order valence-corrected chi connectivity index (χ3v) is 13.7. The molecule has 1 atom stereocenters. The Kier molecular flexibility index (Phi) is 58.7. The van der Waals surface area contributed by atoms with Crippen molar-refractivity contribution < 1.29 is 28.6 Å². The molecule has 0 N–H and O–H groups in total. The number of hydrogen-bond donors (Lipinski definition) is 0. The van der Waals surface area contributed by atoms with Crippen LogP contribution in [0.4, 0.5) is 0 Å². The van der Waals surface area contributed by atoms with Crippen LogP contribution >= 0.6 is 0 Å². The number of hydrogen-bond acceptors (Lipinski definition) is 6. The highest BCUT2D eigenvalue weighted by atomic mass is 16.6. The predicted octanol–water partition coefficient (Wildman–Crippen LogP) is 21.3. The molecule has 0 amide bonds. The summed E-state index contributed by atoms with van der Waals surface area (Å²) in [4.78, 5) is 38.2. The molecule has 0 bridgehead atoms. The molecule has 0 heterocycles. The molecule has 0 aliphatic carbocycles. The third kappa shape index (κ3) is 59.6. The lowest BCUT2D eigenvalue weighted by atomic mass is 10.1. The van der Waals surface area contributed by atoms with Crippen molar-refractivity contribution in [3.8, 4) is 0 Å². The van der Waals surface area contributed by atoms with Gasteiger partial charge in [0.05, 0.1) is 0 Å². The molecule has 0 spiro atoms. The Morgan fingerprint density at radius 1 is 0.274 bits per heavy atom. The zero-order valence-corrected chi connectivity index (χ0v) is 48.4. The third-order valence-electron chi connectivity index (χ3n) is 13.7. The standard InChI is InChI=1S/C67H118O6/c1-4-7-10-13-16-19-22-24-26-28-30-32-33-35-36-38-40-42-45-48-51-54-57-60-66(69)72-63-64(62-71-65(68)59-56-53-50-47-44-21-18-15-12-9-6-3)73-67(70)61-58-55-52-49-46-43-41-39-37-34-31-29-27-25-23-20-17-14-11-8-5-2/h22-25,28-31,33,35,37,39,64H,4-21,26-27,32,34,36,38,40-63H2,1-3H3/b24-22-,25-23-,30-28-,31-29-,35-33-,39-37-. The Hall–Kier alpha value is -3.15. The molecule has 73 heavy (non-hydrogen) atoms. The Morgan fingerprint density at radius 3 is 0.767 bits per heavy atom. The topological polar surface area (TPSA) is 78.9 Å². The first-order chi connectivity index (χ1) is 36.0. The van der Waals surface area contributed by atoms with Crippen molar-refractivity contribution in [2.75, 3.05) is 13.2 Å². The number of esters is 3. The van der Waals surface area contributed by atoms with Crippen molar-refractivity contribution in [3.63, 3.8) is 0 Å². The van der Waals surface area contributed by atoms with Gasteiger partial charge >= 0.3 is 17.9 Å². The van der Waals surface area contributed by atoms with E-state index in [1.807, 2.05) is 0 Å². The van der Waals surface area contributed by atoms with Crippen LogP contribution in [0.5, 0.6) is 0 Å². The molecular weight excluding hydrogens is 901 g/mol. The van der Waals surface area contributed by atoms with Gasteiger partial charge in [0.25, 0.3) is 0 Å². The Morgan fingerprint density at radius 2 is 0.493 bits per heavy atom. The molecule has 1 unspecified atom stereocenters. The highest BCUT2D eigenvalue weighted by molar-refractivity contribution is 5.71. The lowest BCUT2D eigenvalue weighted by Gasteiger charge is -2.18. The van der Waals surface area contributed by atoms with Gasteiger partial charge in [0, 0.05) is 19.3 Å². The predicted molar refractivity (Wildman–Crippen MR) is 316 cm³/mol. The minimum atomic E-state index is -0.785. The maximum Gasteiger partial charge on any atom is 0.306 e. The number of carbonyl (C=O) groups excluding carboxylic acids is 3. The maximum absolute atomic E-state index is 12.9. The highest BCUT2D eigenvalue weighted by Crippen LogP contribution is 2.16. The van der Waals surface area contributed by atoms with Crippen molar-refractivity contribution in [1.82, 2.24) is 0 Å². The van der Waals surface area contributed by atoms with E-state index in [1.54, 1.807) is 0 Å². The molecule has 422 valence electrons. The van der Waals surface area contributed by atoms with Gasteiger partial charge in [-0.15, -0.1) is 0 Å². The van der Waals surface area contributed by atoms with Crippen molar-refractivity contribution >= 4 is 17.9 Å². The molecular formula is C67H118O6. The molecule has 0 aliphatic rings. The minimum absolute atomic E-state index is 0.0810. The van der Waals surface area contributed by atoms with Crippen molar-refractivity contribution in [2.45, 2.75) is 322 Å². The minimum Gasteiger partial charge on any atom is -0.462 e. The largest absolute Gasteiger partial charge is 0.462 e. The molecule has 0 saturated heterocycles. The molecule has 0 aromatic rings. The number of ether oxygens (including phenoxy) is 3. The number of unbranched alkanes of at least 4 members (excludes halogenated alkanes) is 34. The second-order valence-electron chi connectivity index (χ2n) is 21.0. The maximum atomic E-state index is 12.9. The van der Waals surface area contributed by atoms with Crippen molar-refractivity contribution in [2.24, 2.45) is 0 Å².